The minimum atomic E-state index is -0.909. The molecule has 0 amide bonds. The van der Waals surface area contributed by atoms with Crippen molar-refractivity contribution in [1.82, 2.24) is 0 Å². The van der Waals surface area contributed by atoms with Crippen LogP contribution in [0, 0.1) is 0 Å². The van der Waals surface area contributed by atoms with E-state index < -0.39 is 5.97 Å². The largest absolute Gasteiger partial charge is 0.478 e. The van der Waals surface area contributed by atoms with Crippen molar-refractivity contribution in [3.8, 4) is 0 Å². The van der Waals surface area contributed by atoms with Gasteiger partial charge >= 0.3 is 5.97 Å². The summed E-state index contributed by atoms with van der Waals surface area (Å²) in [6.45, 7) is 2.02. The fourth-order valence-electron chi connectivity index (χ4n) is 2.15. The summed E-state index contributed by atoms with van der Waals surface area (Å²) in [6.07, 6.45) is 0.831. The molecule has 4 heteroatoms. The topological polar surface area (TPSA) is 58.6 Å². The van der Waals surface area contributed by atoms with E-state index in [0.717, 1.165) is 12.0 Å². The van der Waals surface area contributed by atoms with Crippen molar-refractivity contribution in [2.24, 2.45) is 0 Å². The average Bonchev–Trinajstić information content (AvgIpc) is 2.26. The Bertz CT molecular complexity index is 417. The zero-order chi connectivity index (χ0) is 11.7. The third-order valence-electron chi connectivity index (χ3n) is 2.92. The predicted octanol–water partition coefficient (Wildman–Crippen LogP) is 2.28. The van der Waals surface area contributed by atoms with Gasteiger partial charge in [0, 0.05) is 18.7 Å². The second-order valence-corrected chi connectivity index (χ2v) is 4.08. The van der Waals surface area contributed by atoms with Crippen molar-refractivity contribution in [2.75, 3.05) is 12.4 Å². The first-order valence-corrected chi connectivity index (χ1v) is 5.29. The molecule has 0 radical (unpaired) electrons. The highest BCUT2D eigenvalue weighted by Crippen LogP contribution is 2.36. The van der Waals surface area contributed by atoms with Gasteiger partial charge in [-0.1, -0.05) is 12.1 Å². The number of hydrogen-bond donors (Lipinski definition) is 2. The Balaban J connectivity index is 2.52. The molecule has 0 aliphatic carbocycles. The van der Waals surface area contributed by atoms with Gasteiger partial charge in [-0.25, -0.2) is 4.79 Å². The minimum Gasteiger partial charge on any atom is -0.478 e. The fraction of sp³-hybridized carbons (Fsp3) is 0.417. The molecule has 1 aromatic rings. The van der Waals surface area contributed by atoms with E-state index in [2.05, 4.69) is 5.32 Å². The van der Waals surface area contributed by atoms with Crippen molar-refractivity contribution in [2.45, 2.75) is 25.5 Å². The number of aromatic carboxylic acids is 1. The van der Waals surface area contributed by atoms with Crippen LogP contribution in [-0.2, 0) is 4.74 Å². The summed E-state index contributed by atoms with van der Waals surface area (Å²) in [5.74, 6) is -0.909. The number of carboxylic acids is 1. The molecule has 1 heterocycles. The Morgan fingerprint density at radius 1 is 1.56 bits per heavy atom. The van der Waals surface area contributed by atoms with E-state index in [1.165, 1.54) is 0 Å². The maximum Gasteiger partial charge on any atom is 0.337 e. The van der Waals surface area contributed by atoms with Crippen LogP contribution in [0.25, 0.3) is 0 Å². The maximum atomic E-state index is 11.1. The predicted molar refractivity (Wildman–Crippen MR) is 60.9 cm³/mol. The van der Waals surface area contributed by atoms with Crippen molar-refractivity contribution in [1.29, 1.82) is 0 Å². The Labute approximate surface area is 94.2 Å². The average molecular weight is 221 g/mol. The van der Waals surface area contributed by atoms with E-state index in [9.17, 15) is 4.79 Å². The molecule has 4 nitrogen and oxygen atoms in total. The molecule has 1 aliphatic rings. The van der Waals surface area contributed by atoms with Gasteiger partial charge < -0.3 is 15.2 Å². The second-order valence-electron chi connectivity index (χ2n) is 4.08. The van der Waals surface area contributed by atoms with Gasteiger partial charge in [0.2, 0.25) is 0 Å². The van der Waals surface area contributed by atoms with Gasteiger partial charge in [-0.3, -0.25) is 0 Å². The van der Waals surface area contributed by atoms with Crippen molar-refractivity contribution in [3.63, 3.8) is 0 Å². The zero-order valence-corrected chi connectivity index (χ0v) is 9.36. The van der Waals surface area contributed by atoms with Crippen LogP contribution in [0.4, 0.5) is 5.69 Å². The van der Waals surface area contributed by atoms with E-state index in [-0.39, 0.29) is 12.1 Å². The van der Waals surface area contributed by atoms with Gasteiger partial charge in [0.05, 0.1) is 17.4 Å². The monoisotopic (exact) mass is 221 g/mol. The lowest BCUT2D eigenvalue weighted by molar-refractivity contribution is 0.0695. The number of benzene rings is 1. The fourth-order valence-corrected chi connectivity index (χ4v) is 2.15. The Kier molecular flexibility index (Phi) is 2.83. The van der Waals surface area contributed by atoms with Crippen LogP contribution in [0.15, 0.2) is 18.2 Å². The van der Waals surface area contributed by atoms with Crippen molar-refractivity contribution < 1.29 is 14.6 Å². The van der Waals surface area contributed by atoms with Crippen LogP contribution < -0.4 is 5.32 Å². The number of hydrogen-bond acceptors (Lipinski definition) is 3. The third-order valence-corrected chi connectivity index (χ3v) is 2.92. The highest BCUT2D eigenvalue weighted by Gasteiger charge is 2.27. The molecule has 2 rings (SSSR count). The van der Waals surface area contributed by atoms with Gasteiger partial charge in [0.15, 0.2) is 0 Å². The maximum absolute atomic E-state index is 11.1. The minimum absolute atomic E-state index is 0.0226. The molecular formula is C12H15NO3. The van der Waals surface area contributed by atoms with E-state index >= 15 is 0 Å². The van der Waals surface area contributed by atoms with E-state index in [1.54, 1.807) is 19.2 Å². The lowest BCUT2D eigenvalue weighted by atomic mass is 9.93. The van der Waals surface area contributed by atoms with Gasteiger partial charge in [-0.15, -0.1) is 0 Å². The highest BCUT2D eigenvalue weighted by molar-refractivity contribution is 5.95. The SMILES string of the molecule is CO[C@H]1CC(C)Nc2c(C(=O)O)cccc21. The molecule has 0 aromatic heterocycles. The second kappa shape index (κ2) is 4.14. The van der Waals surface area contributed by atoms with Crippen molar-refractivity contribution in [3.05, 3.63) is 29.3 Å². The van der Waals surface area contributed by atoms with Crippen LogP contribution in [0.1, 0.15) is 35.4 Å². The molecule has 1 aromatic carbocycles. The van der Waals surface area contributed by atoms with Gasteiger partial charge in [-0.05, 0) is 19.4 Å². The van der Waals surface area contributed by atoms with Crippen LogP contribution in [-0.4, -0.2) is 24.2 Å². The summed E-state index contributed by atoms with van der Waals surface area (Å²) in [5.41, 5.74) is 1.94. The van der Waals surface area contributed by atoms with Gasteiger partial charge in [-0.2, -0.15) is 0 Å². The normalized spacial score (nSPS) is 23.4. The number of fused-ring (bicyclic) bond motifs is 1. The Hall–Kier alpha value is -1.55. The smallest absolute Gasteiger partial charge is 0.337 e. The summed E-state index contributed by atoms with van der Waals surface area (Å²) in [5, 5.41) is 12.3. The molecule has 1 aliphatic heterocycles. The lowest BCUT2D eigenvalue weighted by Gasteiger charge is -2.31. The number of carbonyl (C=O) groups is 1. The quantitative estimate of drug-likeness (QED) is 0.804. The molecule has 0 spiro atoms. The summed E-state index contributed by atoms with van der Waals surface area (Å²) in [6, 6.07) is 5.50. The third kappa shape index (κ3) is 1.76. The van der Waals surface area contributed by atoms with Gasteiger partial charge in [0.25, 0.3) is 0 Å². The molecular weight excluding hydrogens is 206 g/mol. The van der Waals surface area contributed by atoms with Gasteiger partial charge in [0.1, 0.15) is 0 Å². The summed E-state index contributed by atoms with van der Waals surface area (Å²) in [4.78, 5) is 11.1. The molecule has 0 bridgehead atoms. The molecule has 16 heavy (non-hydrogen) atoms. The first kappa shape index (κ1) is 11.0. The molecule has 0 saturated heterocycles. The van der Waals surface area contributed by atoms with Crippen LogP contribution in [0.5, 0.6) is 0 Å². The number of methoxy groups -OCH3 is 1. The summed E-state index contributed by atoms with van der Waals surface area (Å²) in [7, 11) is 1.65. The van der Waals surface area contributed by atoms with Crippen LogP contribution in [0.2, 0.25) is 0 Å². The van der Waals surface area contributed by atoms with E-state index in [0.29, 0.717) is 11.3 Å². The summed E-state index contributed by atoms with van der Waals surface area (Å²) < 4.78 is 5.39. The number of nitrogens with one attached hydrogen (secondary N) is 1. The Morgan fingerprint density at radius 2 is 2.31 bits per heavy atom. The van der Waals surface area contributed by atoms with Crippen molar-refractivity contribution >= 4 is 11.7 Å². The molecule has 0 saturated carbocycles. The molecule has 2 N–H and O–H groups in total. The molecule has 0 fully saturated rings. The number of para-hydroxylation sites is 1. The van der Waals surface area contributed by atoms with E-state index in [4.69, 9.17) is 9.84 Å². The van der Waals surface area contributed by atoms with Crippen LogP contribution >= 0.6 is 0 Å². The van der Waals surface area contributed by atoms with E-state index in [1.807, 2.05) is 13.0 Å². The lowest BCUT2D eigenvalue weighted by Crippen LogP contribution is -2.27. The zero-order valence-electron chi connectivity index (χ0n) is 9.36. The number of rotatable bonds is 2. The molecule has 86 valence electrons. The number of ether oxygens (including phenoxy) is 1. The first-order valence-electron chi connectivity index (χ1n) is 5.29. The number of carboxylic acid groups (broad SMARTS) is 1. The standard InChI is InChI=1S/C12H15NO3/c1-7-6-10(16-2)8-4-3-5-9(12(14)15)11(8)13-7/h3-5,7,10,13H,6H2,1-2H3,(H,14,15)/t7?,10-/m0/s1. The van der Waals surface area contributed by atoms with Crippen LogP contribution in [0.3, 0.4) is 0 Å². The Morgan fingerprint density at radius 3 is 2.94 bits per heavy atom. The summed E-state index contributed by atoms with van der Waals surface area (Å²) >= 11 is 0. The molecule has 1 unspecified atom stereocenters. The highest BCUT2D eigenvalue weighted by atomic mass is 16.5. The number of anilines is 1. The molecule has 2 atom stereocenters. The first-order chi connectivity index (χ1) is 7.63.